The fraction of sp³-hybridized carbons (Fsp3) is 0.0909. The summed E-state index contributed by atoms with van der Waals surface area (Å²) < 4.78 is 0. The van der Waals surface area contributed by atoms with Gasteiger partial charge in [-0.15, -0.1) is 0 Å². The molecule has 0 saturated carbocycles. The minimum Gasteiger partial charge on any atom is -0.325 e. The number of hydrogen-bond donors (Lipinski definition) is 2. The van der Waals surface area contributed by atoms with E-state index in [0.717, 1.165) is 0 Å². The van der Waals surface area contributed by atoms with Crippen LogP contribution in [-0.2, 0) is 4.79 Å². The van der Waals surface area contributed by atoms with Crippen LogP contribution in [0, 0.1) is 0 Å². The number of pyridine rings is 1. The van der Waals surface area contributed by atoms with E-state index < -0.39 is 0 Å². The van der Waals surface area contributed by atoms with Gasteiger partial charge in [0, 0.05) is 30.3 Å². The third kappa shape index (κ3) is 3.70. The molecule has 2 rings (SSSR count). The van der Waals surface area contributed by atoms with Gasteiger partial charge in [0.25, 0.3) is 5.56 Å². The molecule has 2 aromatic rings. The average molecular weight is 262 g/mol. The standard InChI is InChI=1S/C11H10N4O2S/c16-9-3-6-13-11(15-9)18-7-10(17)14-8-1-4-12-5-2-8/h1-6H,7H2,(H,12,14,17)(H,13,15,16). The van der Waals surface area contributed by atoms with Crippen LogP contribution >= 0.6 is 11.8 Å². The van der Waals surface area contributed by atoms with E-state index in [0.29, 0.717) is 10.8 Å². The van der Waals surface area contributed by atoms with Crippen molar-refractivity contribution in [3.05, 3.63) is 47.1 Å². The summed E-state index contributed by atoms with van der Waals surface area (Å²) in [6.45, 7) is 0. The SMILES string of the molecule is O=C(CSc1nccc(=O)[nH]1)Nc1ccncc1. The summed E-state index contributed by atoms with van der Waals surface area (Å²) in [5, 5.41) is 3.13. The van der Waals surface area contributed by atoms with Gasteiger partial charge in [0.05, 0.1) is 5.75 Å². The number of carbonyl (C=O) groups excluding carboxylic acids is 1. The molecular weight excluding hydrogens is 252 g/mol. The van der Waals surface area contributed by atoms with Crippen molar-refractivity contribution in [2.75, 3.05) is 11.1 Å². The summed E-state index contributed by atoms with van der Waals surface area (Å²) in [5.74, 6) is 0.00707. The minimum absolute atomic E-state index is 0.169. The summed E-state index contributed by atoms with van der Waals surface area (Å²) in [4.78, 5) is 32.9. The van der Waals surface area contributed by atoms with Crippen LogP contribution in [-0.4, -0.2) is 26.6 Å². The van der Waals surface area contributed by atoms with Gasteiger partial charge < -0.3 is 10.3 Å². The molecule has 2 heterocycles. The second kappa shape index (κ2) is 5.97. The molecule has 0 aliphatic carbocycles. The Labute approximate surface area is 107 Å². The van der Waals surface area contributed by atoms with Crippen LogP contribution in [0.15, 0.2) is 46.7 Å². The predicted octanol–water partition coefficient (Wildman–Crippen LogP) is 0.896. The molecule has 0 aromatic carbocycles. The van der Waals surface area contributed by atoms with Crippen LogP contribution in [0.4, 0.5) is 5.69 Å². The quantitative estimate of drug-likeness (QED) is 0.631. The van der Waals surface area contributed by atoms with Gasteiger partial charge in [-0.3, -0.25) is 14.6 Å². The zero-order chi connectivity index (χ0) is 12.8. The second-order valence-corrected chi connectivity index (χ2v) is 4.28. The smallest absolute Gasteiger partial charge is 0.251 e. The minimum atomic E-state index is -0.234. The van der Waals surface area contributed by atoms with Crippen molar-refractivity contribution in [3.8, 4) is 0 Å². The lowest BCUT2D eigenvalue weighted by Gasteiger charge is -2.03. The highest BCUT2D eigenvalue weighted by Crippen LogP contribution is 2.11. The first-order valence-corrected chi connectivity index (χ1v) is 6.10. The summed E-state index contributed by atoms with van der Waals surface area (Å²) in [5.41, 5.74) is 0.451. The van der Waals surface area contributed by atoms with Gasteiger partial charge >= 0.3 is 0 Å². The van der Waals surface area contributed by atoms with Gasteiger partial charge in [0.2, 0.25) is 5.91 Å². The number of thioether (sulfide) groups is 1. The van der Waals surface area contributed by atoms with E-state index in [2.05, 4.69) is 20.3 Å². The maximum Gasteiger partial charge on any atom is 0.251 e. The number of H-pyrrole nitrogens is 1. The van der Waals surface area contributed by atoms with Gasteiger partial charge in [-0.25, -0.2) is 4.98 Å². The van der Waals surface area contributed by atoms with E-state index in [-0.39, 0.29) is 17.2 Å². The lowest BCUT2D eigenvalue weighted by molar-refractivity contribution is -0.113. The second-order valence-electron chi connectivity index (χ2n) is 3.31. The van der Waals surface area contributed by atoms with Crippen LogP contribution in [0.25, 0.3) is 0 Å². The zero-order valence-corrected chi connectivity index (χ0v) is 10.1. The molecule has 1 amide bonds. The van der Waals surface area contributed by atoms with Crippen molar-refractivity contribution in [1.82, 2.24) is 15.0 Å². The molecule has 0 unspecified atom stereocenters. The molecule has 2 N–H and O–H groups in total. The van der Waals surface area contributed by atoms with Crippen molar-refractivity contribution in [1.29, 1.82) is 0 Å². The molecular formula is C11H10N4O2S. The van der Waals surface area contributed by atoms with E-state index >= 15 is 0 Å². The highest BCUT2D eigenvalue weighted by molar-refractivity contribution is 7.99. The Morgan fingerprint density at radius 3 is 2.78 bits per heavy atom. The summed E-state index contributed by atoms with van der Waals surface area (Å²) >= 11 is 1.17. The average Bonchev–Trinajstić information content (AvgIpc) is 2.38. The van der Waals surface area contributed by atoms with Crippen molar-refractivity contribution in [2.24, 2.45) is 0 Å². The molecule has 0 fully saturated rings. The third-order valence-corrected chi connectivity index (χ3v) is 2.84. The number of nitrogens with one attached hydrogen (secondary N) is 2. The number of aromatic amines is 1. The number of hydrogen-bond acceptors (Lipinski definition) is 5. The molecule has 0 bridgehead atoms. The number of carbonyl (C=O) groups is 1. The number of nitrogens with zero attached hydrogens (tertiary/aromatic N) is 2. The van der Waals surface area contributed by atoms with E-state index in [1.54, 1.807) is 24.5 Å². The first kappa shape index (κ1) is 12.3. The summed E-state index contributed by atoms with van der Waals surface area (Å²) in [6.07, 6.45) is 4.60. The first-order valence-electron chi connectivity index (χ1n) is 5.12. The Morgan fingerprint density at radius 1 is 1.28 bits per heavy atom. The molecule has 2 aromatic heterocycles. The van der Waals surface area contributed by atoms with Gasteiger partial charge in [0.15, 0.2) is 5.16 Å². The van der Waals surface area contributed by atoms with Crippen LogP contribution in [0.5, 0.6) is 0 Å². The lowest BCUT2D eigenvalue weighted by atomic mass is 10.4. The molecule has 6 nitrogen and oxygen atoms in total. The Balaban J connectivity index is 1.87. The number of anilines is 1. The van der Waals surface area contributed by atoms with Crippen molar-refractivity contribution < 1.29 is 4.79 Å². The van der Waals surface area contributed by atoms with Gasteiger partial charge in [0.1, 0.15) is 0 Å². The first-order chi connectivity index (χ1) is 8.74. The Morgan fingerprint density at radius 2 is 2.06 bits per heavy atom. The predicted molar refractivity (Wildman–Crippen MR) is 68.4 cm³/mol. The highest BCUT2D eigenvalue weighted by atomic mass is 32.2. The molecule has 0 atom stereocenters. The molecule has 0 radical (unpaired) electrons. The van der Waals surface area contributed by atoms with Gasteiger partial charge in [-0.1, -0.05) is 11.8 Å². The summed E-state index contributed by atoms with van der Waals surface area (Å²) in [6, 6.07) is 4.72. The van der Waals surface area contributed by atoms with Crippen LogP contribution in [0.1, 0.15) is 0 Å². The maximum absolute atomic E-state index is 11.6. The highest BCUT2D eigenvalue weighted by Gasteiger charge is 2.04. The maximum atomic E-state index is 11.6. The largest absolute Gasteiger partial charge is 0.325 e. The topological polar surface area (TPSA) is 87.7 Å². The fourth-order valence-corrected chi connectivity index (χ4v) is 1.84. The molecule has 0 aliphatic heterocycles. The van der Waals surface area contributed by atoms with E-state index in [1.807, 2.05) is 0 Å². The van der Waals surface area contributed by atoms with E-state index in [4.69, 9.17) is 0 Å². The Hall–Kier alpha value is -2.15. The number of amides is 1. The van der Waals surface area contributed by atoms with Crippen LogP contribution in [0.3, 0.4) is 0 Å². The monoisotopic (exact) mass is 262 g/mol. The molecule has 0 aliphatic rings. The van der Waals surface area contributed by atoms with Crippen molar-refractivity contribution in [3.63, 3.8) is 0 Å². The molecule has 92 valence electrons. The lowest BCUT2D eigenvalue weighted by Crippen LogP contribution is -2.15. The molecule has 18 heavy (non-hydrogen) atoms. The molecule has 0 spiro atoms. The normalized spacial score (nSPS) is 10.0. The third-order valence-electron chi connectivity index (χ3n) is 1.95. The van der Waals surface area contributed by atoms with Crippen LogP contribution < -0.4 is 10.9 Å². The fourth-order valence-electron chi connectivity index (χ4n) is 1.19. The van der Waals surface area contributed by atoms with Crippen LogP contribution in [0.2, 0.25) is 0 Å². The Kier molecular flexibility index (Phi) is 4.08. The Bertz CT molecular complexity index is 585. The molecule has 0 saturated heterocycles. The summed E-state index contributed by atoms with van der Waals surface area (Å²) in [7, 11) is 0. The number of aromatic nitrogens is 3. The zero-order valence-electron chi connectivity index (χ0n) is 9.29. The van der Waals surface area contributed by atoms with Gasteiger partial charge in [-0.05, 0) is 12.1 Å². The van der Waals surface area contributed by atoms with Crippen molar-refractivity contribution in [2.45, 2.75) is 5.16 Å². The van der Waals surface area contributed by atoms with Crippen molar-refractivity contribution >= 4 is 23.4 Å². The molecule has 7 heteroatoms. The number of rotatable bonds is 4. The van der Waals surface area contributed by atoms with E-state index in [1.165, 1.54) is 24.0 Å². The van der Waals surface area contributed by atoms with E-state index in [9.17, 15) is 9.59 Å². The van der Waals surface area contributed by atoms with Gasteiger partial charge in [-0.2, -0.15) is 0 Å².